The van der Waals surface area contributed by atoms with E-state index in [4.69, 9.17) is 18.9 Å². The summed E-state index contributed by atoms with van der Waals surface area (Å²) in [6.45, 7) is 2.53. The maximum Gasteiger partial charge on any atom is 0.244 e. The summed E-state index contributed by atoms with van der Waals surface area (Å²) in [4.78, 5) is 24.1. The molecule has 0 fully saturated rings. The second-order valence-electron chi connectivity index (χ2n) is 7.05. The summed E-state index contributed by atoms with van der Waals surface area (Å²) in [6, 6.07) is 10.7. The van der Waals surface area contributed by atoms with Crippen molar-refractivity contribution in [3.05, 3.63) is 59.7 Å². The Hall–Kier alpha value is -3.94. The minimum Gasteiger partial charge on any atom is -0.454 e. The quantitative estimate of drug-likeness (QED) is 0.666. The molecule has 0 aromatic heterocycles. The topological polar surface area (TPSA) is 95.1 Å². The third-order valence-electron chi connectivity index (χ3n) is 4.62. The fraction of sp³-hybridized carbons (Fsp3) is 0.217. The van der Waals surface area contributed by atoms with Crippen molar-refractivity contribution in [3.63, 3.8) is 0 Å². The highest BCUT2D eigenvalue weighted by atomic mass is 16.7. The van der Waals surface area contributed by atoms with E-state index in [1.54, 1.807) is 30.4 Å². The molecule has 0 radical (unpaired) electrons. The van der Waals surface area contributed by atoms with E-state index in [1.807, 2.05) is 25.1 Å². The Morgan fingerprint density at radius 2 is 1.35 bits per heavy atom. The molecule has 31 heavy (non-hydrogen) atoms. The monoisotopic (exact) mass is 422 g/mol. The fourth-order valence-corrected chi connectivity index (χ4v) is 3.03. The summed E-state index contributed by atoms with van der Waals surface area (Å²) < 4.78 is 21.2. The molecule has 2 aromatic carbocycles. The normalized spacial score (nSPS) is 14.7. The van der Waals surface area contributed by atoms with Gasteiger partial charge < -0.3 is 29.6 Å². The van der Waals surface area contributed by atoms with Crippen LogP contribution >= 0.6 is 0 Å². The van der Waals surface area contributed by atoms with Crippen molar-refractivity contribution in [2.75, 3.05) is 20.1 Å². The number of hydrogen-bond acceptors (Lipinski definition) is 6. The number of benzene rings is 2. The second-order valence-corrected chi connectivity index (χ2v) is 7.05. The predicted molar refractivity (Wildman–Crippen MR) is 114 cm³/mol. The van der Waals surface area contributed by atoms with E-state index in [0.29, 0.717) is 29.5 Å². The van der Waals surface area contributed by atoms with Crippen LogP contribution in [-0.2, 0) is 9.59 Å². The number of ether oxygens (including phenoxy) is 4. The number of fused-ring (bicyclic) bond motifs is 2. The average Bonchev–Trinajstić information content (AvgIpc) is 3.43. The Morgan fingerprint density at radius 3 is 1.94 bits per heavy atom. The highest BCUT2D eigenvalue weighted by Crippen LogP contribution is 2.33. The van der Waals surface area contributed by atoms with Crippen LogP contribution in [0, 0.1) is 0 Å². The van der Waals surface area contributed by atoms with Gasteiger partial charge in [0.25, 0.3) is 0 Å². The summed E-state index contributed by atoms with van der Waals surface area (Å²) in [5.41, 5.74) is 1.66. The minimum atomic E-state index is -0.255. The molecule has 2 aliphatic rings. The van der Waals surface area contributed by atoms with Crippen LogP contribution in [0.25, 0.3) is 12.2 Å². The van der Waals surface area contributed by atoms with Crippen LogP contribution in [0.4, 0.5) is 0 Å². The van der Waals surface area contributed by atoms with Crippen molar-refractivity contribution in [1.82, 2.24) is 10.6 Å². The summed E-state index contributed by atoms with van der Waals surface area (Å²) >= 11 is 0. The molecule has 0 unspecified atom stereocenters. The molecular formula is C23H22N2O6. The first-order valence-electron chi connectivity index (χ1n) is 9.80. The number of hydrogen-bond donors (Lipinski definition) is 2. The van der Waals surface area contributed by atoms with E-state index in [9.17, 15) is 9.59 Å². The van der Waals surface area contributed by atoms with Gasteiger partial charge in [-0.2, -0.15) is 0 Å². The van der Waals surface area contributed by atoms with Crippen molar-refractivity contribution in [2.24, 2.45) is 0 Å². The summed E-state index contributed by atoms with van der Waals surface area (Å²) in [5, 5.41) is 5.57. The first-order valence-corrected chi connectivity index (χ1v) is 9.80. The number of nitrogens with one attached hydrogen (secondary N) is 2. The first kappa shape index (κ1) is 20.3. The third-order valence-corrected chi connectivity index (χ3v) is 4.62. The zero-order valence-electron chi connectivity index (χ0n) is 16.9. The van der Waals surface area contributed by atoms with E-state index in [1.165, 1.54) is 12.2 Å². The standard InChI is InChI=1S/C23H22N2O6/c1-15(25-23(27)9-5-17-3-7-19-21(11-17)31-14-29-19)12-24-22(26)8-4-16-2-6-18-20(10-16)30-13-28-18/h2-11,15H,12-14H2,1H3,(H,24,26)(H,25,27)/b8-4+,9-5+/t15-/m0/s1. The number of rotatable bonds is 7. The van der Waals surface area contributed by atoms with Gasteiger partial charge in [0, 0.05) is 24.7 Å². The molecule has 8 heteroatoms. The molecule has 1 atom stereocenters. The Labute approximate surface area is 179 Å². The van der Waals surface area contributed by atoms with Crippen LogP contribution < -0.4 is 29.6 Å². The van der Waals surface area contributed by atoms with Crippen molar-refractivity contribution in [3.8, 4) is 23.0 Å². The zero-order chi connectivity index (χ0) is 21.6. The van der Waals surface area contributed by atoms with Crippen molar-refractivity contribution in [1.29, 1.82) is 0 Å². The lowest BCUT2D eigenvalue weighted by atomic mass is 10.2. The smallest absolute Gasteiger partial charge is 0.244 e. The van der Waals surface area contributed by atoms with Crippen LogP contribution in [0.5, 0.6) is 23.0 Å². The Morgan fingerprint density at radius 1 is 0.839 bits per heavy atom. The van der Waals surface area contributed by atoms with E-state index in [0.717, 1.165) is 11.1 Å². The first-order chi connectivity index (χ1) is 15.1. The summed E-state index contributed by atoms with van der Waals surface area (Å²) in [7, 11) is 0. The highest BCUT2D eigenvalue weighted by Gasteiger charge is 2.13. The van der Waals surface area contributed by atoms with Gasteiger partial charge in [-0.1, -0.05) is 12.1 Å². The third kappa shape index (κ3) is 5.36. The van der Waals surface area contributed by atoms with E-state index in [-0.39, 0.29) is 31.4 Å². The van der Waals surface area contributed by atoms with Gasteiger partial charge in [0.1, 0.15) is 0 Å². The van der Waals surface area contributed by atoms with Crippen molar-refractivity contribution < 1.29 is 28.5 Å². The van der Waals surface area contributed by atoms with Gasteiger partial charge in [0.05, 0.1) is 0 Å². The summed E-state index contributed by atoms with van der Waals surface area (Å²) in [6.07, 6.45) is 6.26. The molecule has 4 rings (SSSR count). The Bertz CT molecular complexity index is 1050. The van der Waals surface area contributed by atoms with Crippen LogP contribution in [0.2, 0.25) is 0 Å². The lowest BCUT2D eigenvalue weighted by Crippen LogP contribution is -2.40. The largest absolute Gasteiger partial charge is 0.454 e. The van der Waals surface area contributed by atoms with E-state index < -0.39 is 0 Å². The molecule has 0 bridgehead atoms. The van der Waals surface area contributed by atoms with E-state index in [2.05, 4.69) is 10.6 Å². The average molecular weight is 422 g/mol. The molecule has 0 saturated carbocycles. The number of carbonyl (C=O) groups excluding carboxylic acids is 2. The Kier molecular flexibility index (Phi) is 6.07. The fourth-order valence-electron chi connectivity index (χ4n) is 3.03. The molecule has 2 heterocycles. The highest BCUT2D eigenvalue weighted by molar-refractivity contribution is 5.93. The maximum atomic E-state index is 12.1. The molecule has 0 saturated heterocycles. The van der Waals surface area contributed by atoms with Crippen LogP contribution in [0.15, 0.2) is 48.6 Å². The van der Waals surface area contributed by atoms with Gasteiger partial charge >= 0.3 is 0 Å². The molecule has 2 N–H and O–H groups in total. The molecule has 8 nitrogen and oxygen atoms in total. The Balaban J connectivity index is 1.20. The van der Waals surface area contributed by atoms with Crippen molar-refractivity contribution >= 4 is 24.0 Å². The predicted octanol–water partition coefficient (Wildman–Crippen LogP) is 2.49. The summed E-state index contributed by atoms with van der Waals surface area (Å²) in [5.74, 6) is 2.20. The minimum absolute atomic E-state index is 0.206. The molecule has 0 aliphatic carbocycles. The molecular weight excluding hydrogens is 400 g/mol. The molecule has 2 amide bonds. The van der Waals surface area contributed by atoms with Crippen LogP contribution in [0.3, 0.4) is 0 Å². The van der Waals surface area contributed by atoms with Crippen molar-refractivity contribution in [2.45, 2.75) is 13.0 Å². The lowest BCUT2D eigenvalue weighted by Gasteiger charge is -2.12. The van der Waals surface area contributed by atoms with Gasteiger partial charge in [-0.25, -0.2) is 0 Å². The zero-order valence-corrected chi connectivity index (χ0v) is 16.9. The van der Waals surface area contributed by atoms with E-state index >= 15 is 0 Å². The number of amides is 2. The molecule has 2 aliphatic heterocycles. The molecule has 160 valence electrons. The molecule has 2 aromatic rings. The van der Waals surface area contributed by atoms with Gasteiger partial charge in [-0.05, 0) is 54.5 Å². The van der Waals surface area contributed by atoms with Gasteiger partial charge in [-0.15, -0.1) is 0 Å². The van der Waals surface area contributed by atoms with Gasteiger partial charge in [0.15, 0.2) is 23.0 Å². The van der Waals surface area contributed by atoms with Crippen LogP contribution in [0.1, 0.15) is 18.1 Å². The SMILES string of the molecule is C[C@@H](CNC(=O)/C=C/c1ccc2c(c1)OCO2)NC(=O)/C=C/c1ccc2c(c1)OCO2. The van der Waals surface area contributed by atoms with Crippen LogP contribution in [-0.4, -0.2) is 38.0 Å². The second kappa shape index (κ2) is 9.25. The number of carbonyl (C=O) groups is 2. The molecule has 0 spiro atoms. The lowest BCUT2D eigenvalue weighted by molar-refractivity contribution is -0.118. The maximum absolute atomic E-state index is 12.1. The van der Waals surface area contributed by atoms with Gasteiger partial charge in [0.2, 0.25) is 25.4 Å². The van der Waals surface area contributed by atoms with Gasteiger partial charge in [-0.3, -0.25) is 9.59 Å².